The number of aliphatic hydroxyl groups excluding tert-OH is 4. The first-order valence-corrected chi connectivity index (χ1v) is 24.4. The van der Waals surface area contributed by atoms with Crippen molar-refractivity contribution in [2.24, 2.45) is 11.0 Å². The zero-order valence-corrected chi connectivity index (χ0v) is 43.1. The average Bonchev–Trinajstić information content (AvgIpc) is 3.40. The van der Waals surface area contributed by atoms with E-state index in [9.17, 15) is 98.1 Å². The van der Waals surface area contributed by atoms with Crippen LogP contribution in [0, 0.1) is 0 Å². The molecule has 0 heterocycles. The van der Waals surface area contributed by atoms with Crippen molar-refractivity contribution in [1.82, 2.24) is 53.3 Å². The maximum absolute atomic E-state index is 13.8. The van der Waals surface area contributed by atoms with E-state index < -0.39 is 196 Å². The van der Waals surface area contributed by atoms with Crippen molar-refractivity contribution in [3.05, 3.63) is 46.3 Å². The molecule has 0 aliphatic carbocycles. The number of amides is 9. The molecule has 20 N–H and O–H groups in total. The van der Waals surface area contributed by atoms with Crippen molar-refractivity contribution in [3.63, 3.8) is 0 Å². The molecule has 0 bridgehead atoms. The van der Waals surface area contributed by atoms with Gasteiger partial charge in [0.05, 0.1) is 45.1 Å². The highest BCUT2D eigenvalue weighted by Gasteiger charge is 2.35. The molecule has 0 aromatic heterocycles. The first kappa shape index (κ1) is 69.3. The molecule has 1 aromatic carbocycles. The molecule has 0 saturated carbocycles. The van der Waals surface area contributed by atoms with E-state index in [1.54, 1.807) is 30.3 Å². The van der Waals surface area contributed by atoms with Crippen LogP contribution < -0.4 is 59.0 Å². The third kappa shape index (κ3) is 27.0. The van der Waals surface area contributed by atoms with Crippen molar-refractivity contribution in [2.45, 2.75) is 132 Å². The lowest BCUT2D eigenvalue weighted by Gasteiger charge is -2.26. The molecule has 80 heavy (non-hydrogen) atoms. The van der Waals surface area contributed by atoms with Crippen molar-refractivity contribution in [3.8, 4) is 0 Å². The highest BCUT2D eigenvalue weighted by Crippen LogP contribution is 2.09. The number of carboxylic acids is 4. The molecule has 444 valence electrons. The summed E-state index contributed by atoms with van der Waals surface area (Å²) in [5, 5.41) is 99.8. The number of rotatable bonds is 40. The Hall–Kier alpha value is -8.76. The molecule has 0 spiro atoms. The molecule has 35 heteroatoms. The number of nitrogens with two attached hydrogens (primary N) is 1. The molecule has 0 fully saturated rings. The lowest BCUT2D eigenvalue weighted by Crippen LogP contribution is -2.62. The maximum atomic E-state index is 13.8. The molecule has 0 aliphatic rings. The molecule has 9 amide bonds. The van der Waals surface area contributed by atoms with E-state index in [0.29, 0.717) is 5.56 Å². The number of benzene rings is 1. The van der Waals surface area contributed by atoms with Crippen LogP contribution in [0.5, 0.6) is 0 Å². The zero-order chi connectivity index (χ0) is 60.5. The molecular formula is C45H68N14O21. The van der Waals surface area contributed by atoms with Crippen molar-refractivity contribution in [2.75, 3.05) is 32.9 Å². The summed E-state index contributed by atoms with van der Waals surface area (Å²) in [7, 11) is 0. The van der Waals surface area contributed by atoms with Gasteiger partial charge in [0.25, 0.3) is 0 Å². The summed E-state index contributed by atoms with van der Waals surface area (Å²) in [6.45, 7) is -3.33. The second-order valence-electron chi connectivity index (χ2n) is 17.5. The highest BCUT2D eigenvalue weighted by atomic mass is 16.4. The van der Waals surface area contributed by atoms with Gasteiger partial charge in [-0.3, -0.25) is 63.0 Å². The summed E-state index contributed by atoms with van der Waals surface area (Å²) in [4.78, 5) is 167. The molecule has 0 saturated heterocycles. The minimum Gasteiger partial charge on any atom is -0.481 e. The van der Waals surface area contributed by atoms with Crippen LogP contribution in [0.15, 0.2) is 35.6 Å². The Balaban J connectivity index is 3.18. The Bertz CT molecular complexity index is 2360. The fourth-order valence-electron chi connectivity index (χ4n) is 6.84. The number of azide groups is 1. The Kier molecular flexibility index (Phi) is 32.1. The summed E-state index contributed by atoms with van der Waals surface area (Å²) < 4.78 is 0. The Morgan fingerprint density at radius 3 is 1.45 bits per heavy atom. The van der Waals surface area contributed by atoms with Gasteiger partial charge in [0.15, 0.2) is 0 Å². The summed E-state index contributed by atoms with van der Waals surface area (Å²) in [5.74, 6) is -16.5. The number of carbonyl (C=O) groups excluding carboxylic acids is 9. The van der Waals surface area contributed by atoms with Gasteiger partial charge in [-0.15, -0.1) is 5.53 Å². The van der Waals surface area contributed by atoms with E-state index >= 15 is 0 Å². The van der Waals surface area contributed by atoms with E-state index in [-0.39, 0.29) is 38.6 Å². The van der Waals surface area contributed by atoms with Gasteiger partial charge in [0, 0.05) is 25.7 Å². The van der Waals surface area contributed by atoms with Gasteiger partial charge in [0.1, 0.15) is 48.3 Å². The monoisotopic (exact) mass is 1140 g/mol. The number of carbonyl (C=O) groups is 13. The van der Waals surface area contributed by atoms with Crippen LogP contribution in [0.4, 0.5) is 0 Å². The van der Waals surface area contributed by atoms with Gasteiger partial charge in [0.2, 0.25) is 53.2 Å². The van der Waals surface area contributed by atoms with E-state index in [2.05, 4.69) is 58.1 Å². The van der Waals surface area contributed by atoms with Crippen LogP contribution in [-0.4, -0.2) is 211 Å². The second-order valence-corrected chi connectivity index (χ2v) is 17.5. The van der Waals surface area contributed by atoms with Crippen LogP contribution in [-0.2, 0) is 68.7 Å². The van der Waals surface area contributed by atoms with Gasteiger partial charge in [-0.2, -0.15) is 4.91 Å². The number of unbranched alkanes of at least 4 members (excludes halogenated alkanes) is 1. The fraction of sp³-hybridized carbons (Fsp3) is 0.578. The van der Waals surface area contributed by atoms with Crippen molar-refractivity contribution >= 4 is 77.0 Å². The quantitative estimate of drug-likeness (QED) is 0.00954. The van der Waals surface area contributed by atoms with Gasteiger partial charge < -0.3 is 94.4 Å². The fourth-order valence-corrected chi connectivity index (χ4v) is 6.84. The van der Waals surface area contributed by atoms with Crippen LogP contribution >= 0.6 is 0 Å². The molecule has 0 unspecified atom stereocenters. The SMILES string of the molecule is C[C@@H](O)[C@H](NC(=O)[C@H](CO)NC(=O)CNC(=O)[C@H](CO)NC(=O)[C@H](CCCCNN=[N+]=[N-])NC(=O)[C@H](CCC(=O)O)NC(=O)[C@H](CCC(=O)O)NC(=O)[C@@H](N)CCC(=O)O)C(=O)N[C@@H](CO)C(=O)N[C@@H](Cc1ccccc1)C(=O)O. The predicted molar refractivity (Wildman–Crippen MR) is 269 cm³/mol. The van der Waals surface area contributed by atoms with Gasteiger partial charge >= 0.3 is 23.9 Å². The average molecular weight is 1140 g/mol. The lowest BCUT2D eigenvalue weighted by atomic mass is 10.0. The van der Waals surface area contributed by atoms with Gasteiger partial charge in [-0.1, -0.05) is 30.3 Å². The first-order chi connectivity index (χ1) is 37.8. The Morgan fingerprint density at radius 2 is 0.963 bits per heavy atom. The van der Waals surface area contributed by atoms with Crippen LogP contribution in [0.1, 0.15) is 70.3 Å². The van der Waals surface area contributed by atoms with E-state index in [1.165, 1.54) is 0 Å². The molecule has 0 aliphatic heterocycles. The topological polar surface area (TPSA) is 579 Å². The molecule has 10 atom stereocenters. The van der Waals surface area contributed by atoms with Crippen LogP contribution in [0.2, 0.25) is 0 Å². The number of hydrogen-bond donors (Lipinski definition) is 19. The lowest BCUT2D eigenvalue weighted by molar-refractivity contribution is -0.143. The Labute approximate surface area is 454 Å². The molecule has 0 radical (unpaired) electrons. The van der Waals surface area contributed by atoms with E-state index in [4.69, 9.17) is 16.4 Å². The van der Waals surface area contributed by atoms with E-state index in [0.717, 1.165) is 6.92 Å². The smallest absolute Gasteiger partial charge is 0.326 e. The highest BCUT2D eigenvalue weighted by molar-refractivity contribution is 5.98. The molecule has 35 nitrogen and oxygen atoms in total. The third-order valence-corrected chi connectivity index (χ3v) is 11.2. The molecule has 1 aromatic rings. The molecular weight excluding hydrogens is 1070 g/mol. The zero-order valence-electron chi connectivity index (χ0n) is 43.1. The van der Waals surface area contributed by atoms with Gasteiger partial charge in [-0.05, 0) is 56.2 Å². The number of carboxylic acid groups (broad SMARTS) is 4. The van der Waals surface area contributed by atoms with Crippen molar-refractivity contribution in [1.29, 1.82) is 0 Å². The maximum Gasteiger partial charge on any atom is 0.326 e. The number of aliphatic carboxylic acids is 4. The minimum absolute atomic E-state index is 0.0469. The summed E-state index contributed by atoms with van der Waals surface area (Å²) >= 11 is 0. The number of nitrogens with one attached hydrogen (secondary N) is 10. The first-order valence-electron chi connectivity index (χ1n) is 24.4. The number of aliphatic hydroxyl groups is 4. The van der Waals surface area contributed by atoms with E-state index in [1.807, 2.05) is 5.32 Å². The summed E-state index contributed by atoms with van der Waals surface area (Å²) in [6.07, 6.45) is -5.68. The summed E-state index contributed by atoms with van der Waals surface area (Å²) in [5.41, 5.74) is 17.1. The Morgan fingerprint density at radius 1 is 0.537 bits per heavy atom. The van der Waals surface area contributed by atoms with Gasteiger partial charge in [-0.25, -0.2) is 4.79 Å². The number of hydrogen-bond acceptors (Lipinski definition) is 19. The second kappa shape index (κ2) is 37.1. The largest absolute Gasteiger partial charge is 0.481 e. The molecule has 1 rings (SSSR count). The third-order valence-electron chi connectivity index (χ3n) is 11.2. The normalized spacial score (nSPS) is 14.5. The summed E-state index contributed by atoms with van der Waals surface area (Å²) in [6, 6.07) is -7.58. The van der Waals surface area contributed by atoms with Crippen LogP contribution in [0.25, 0.3) is 10.4 Å². The standard InChI is InChI=1S/C45H68N14O21/c1-22(63)36(44(78)56-31(21-62)42(76)54-28(45(79)80)17-23-7-3-2-4-8-23)57-43(77)30(20-61)50-32(64)18-48-38(72)29(19-60)55-39(73)25(9-5-6-16-49-59-58-47)52-41(75)27(12-15-35(69)70)53-40(74)26(11-14-34(67)68)51-37(71)24(46)10-13-33(65)66/h2-4,7-8,22,24-31,36,49,60-63H,5-6,9-21,46H2,1H3,(H,48,72)(H,50,64)(H,51,71)(H,52,75)(H,53,74)(H,54,76)(H,55,73)(H,56,78)(H,57,77)(H,65,66)(H,67,68)(H,69,70)(H,79,80)/t22-,24+,25+,26+,27+,28+,29+,30+,31+,36+/m1/s1. The predicted octanol–water partition coefficient (Wildman–Crippen LogP) is -7.43. The van der Waals surface area contributed by atoms with Crippen LogP contribution in [0.3, 0.4) is 0 Å². The minimum atomic E-state index is -1.92. The van der Waals surface area contributed by atoms with Crippen molar-refractivity contribution < 1.29 is 103 Å². The number of nitrogens with zero attached hydrogens (tertiary/aromatic N) is 3.